The zero-order valence-electron chi connectivity index (χ0n) is 22.3. The van der Waals surface area contributed by atoms with Crippen LogP contribution in [-0.4, -0.2) is 55.6 Å². The third-order valence-corrected chi connectivity index (χ3v) is 6.02. The summed E-state index contributed by atoms with van der Waals surface area (Å²) >= 11 is 1.26. The standard InChI is InChI=1S/C27H26FN9O2S/c1-15(6-8-21(29-4)18-7-9-23(39-5)30-13-18)12-32-26(38)24-20(28)11-19(14-31-24)25-33-16(2)10-22(35-25)36-27-34-17(3)40-37-27/h6-11,13-14H,4,12H2,1-3,5H3,(H,32,38)(H,33,35,36,37)/b15-6+,21-8-. The van der Waals surface area contributed by atoms with Crippen LogP contribution in [0.15, 0.2) is 59.4 Å². The molecule has 4 rings (SSSR count). The van der Waals surface area contributed by atoms with Crippen molar-refractivity contribution in [2.45, 2.75) is 20.8 Å². The van der Waals surface area contributed by atoms with E-state index in [2.05, 4.69) is 51.6 Å². The molecule has 0 bridgehead atoms. The summed E-state index contributed by atoms with van der Waals surface area (Å²) in [4.78, 5) is 37.9. The van der Waals surface area contributed by atoms with E-state index in [1.165, 1.54) is 30.9 Å². The fourth-order valence-corrected chi connectivity index (χ4v) is 3.86. The number of aromatic nitrogens is 6. The van der Waals surface area contributed by atoms with Gasteiger partial charge in [-0.3, -0.25) is 9.79 Å². The Morgan fingerprint density at radius 2 is 1.98 bits per heavy atom. The molecular formula is C27H26FN9O2S. The number of carbonyl (C=O) groups excluding carboxylic acids is 1. The van der Waals surface area contributed by atoms with Crippen LogP contribution in [0.2, 0.25) is 0 Å². The van der Waals surface area contributed by atoms with Crippen LogP contribution in [0.25, 0.3) is 17.1 Å². The summed E-state index contributed by atoms with van der Waals surface area (Å²) in [5.74, 6) is 0.159. The van der Waals surface area contributed by atoms with E-state index < -0.39 is 11.7 Å². The zero-order valence-corrected chi connectivity index (χ0v) is 23.1. The average molecular weight is 560 g/mol. The minimum Gasteiger partial charge on any atom is -0.481 e. The molecule has 0 spiro atoms. The van der Waals surface area contributed by atoms with Crippen LogP contribution in [0.1, 0.15) is 33.7 Å². The van der Waals surface area contributed by atoms with Crippen molar-refractivity contribution in [1.82, 2.24) is 34.6 Å². The molecule has 11 nitrogen and oxygen atoms in total. The van der Waals surface area contributed by atoms with Crippen molar-refractivity contribution >= 4 is 41.6 Å². The molecule has 13 heteroatoms. The van der Waals surface area contributed by atoms with Crippen LogP contribution in [0, 0.1) is 19.7 Å². The number of anilines is 2. The van der Waals surface area contributed by atoms with Gasteiger partial charge in [-0.25, -0.2) is 29.3 Å². The van der Waals surface area contributed by atoms with Crippen molar-refractivity contribution in [2.24, 2.45) is 4.99 Å². The highest BCUT2D eigenvalue weighted by Gasteiger charge is 2.16. The first kappa shape index (κ1) is 28.1. The quantitative estimate of drug-likeness (QED) is 0.209. The number of allylic oxidation sites excluding steroid dienone is 2. The summed E-state index contributed by atoms with van der Waals surface area (Å²) in [5.41, 5.74) is 2.78. The molecule has 0 aliphatic heterocycles. The Morgan fingerprint density at radius 1 is 1.15 bits per heavy atom. The summed E-state index contributed by atoms with van der Waals surface area (Å²) in [5, 5.41) is 6.49. The lowest BCUT2D eigenvalue weighted by Crippen LogP contribution is -2.27. The number of nitrogens with zero attached hydrogens (tertiary/aromatic N) is 7. The van der Waals surface area contributed by atoms with E-state index in [4.69, 9.17) is 4.74 Å². The van der Waals surface area contributed by atoms with Gasteiger partial charge in [0.05, 0.1) is 12.8 Å². The van der Waals surface area contributed by atoms with E-state index in [1.807, 2.05) is 19.9 Å². The minimum atomic E-state index is -0.793. The number of ether oxygens (including phenoxy) is 1. The van der Waals surface area contributed by atoms with Crippen LogP contribution in [0.4, 0.5) is 16.2 Å². The molecule has 0 saturated heterocycles. The number of hydrogen-bond acceptors (Lipinski definition) is 11. The van der Waals surface area contributed by atoms with Crippen LogP contribution in [-0.2, 0) is 0 Å². The van der Waals surface area contributed by atoms with Gasteiger partial charge in [-0.05, 0) is 57.2 Å². The van der Waals surface area contributed by atoms with Crippen LogP contribution < -0.4 is 15.4 Å². The first-order valence-electron chi connectivity index (χ1n) is 12.0. The number of aliphatic imine (C=N–C) groups is 1. The van der Waals surface area contributed by atoms with Crippen molar-refractivity contribution in [2.75, 3.05) is 19.0 Å². The fourth-order valence-electron chi connectivity index (χ4n) is 3.43. The van der Waals surface area contributed by atoms with Gasteiger partial charge in [0.15, 0.2) is 17.3 Å². The Hall–Kier alpha value is -4.91. The molecule has 0 aliphatic carbocycles. The van der Waals surface area contributed by atoms with E-state index in [-0.39, 0.29) is 18.1 Å². The SMILES string of the molecule is C=N/C(=C\C=C(/C)CNC(=O)c1ncc(-c2nc(C)cc(Nc3nsc(C)n3)n2)cc1F)c1ccc(OC)nc1. The van der Waals surface area contributed by atoms with Gasteiger partial charge >= 0.3 is 0 Å². The fraction of sp³-hybridized carbons (Fsp3) is 0.185. The van der Waals surface area contributed by atoms with Crippen molar-refractivity contribution in [3.05, 3.63) is 82.2 Å². The maximum Gasteiger partial charge on any atom is 0.273 e. The maximum absolute atomic E-state index is 14.9. The maximum atomic E-state index is 14.9. The molecule has 0 aliphatic rings. The second kappa shape index (κ2) is 12.8. The first-order valence-corrected chi connectivity index (χ1v) is 12.7. The third kappa shape index (κ3) is 7.14. The third-order valence-electron chi connectivity index (χ3n) is 5.40. The molecule has 4 aromatic rings. The zero-order chi connectivity index (χ0) is 28.6. The van der Waals surface area contributed by atoms with Gasteiger partial charge in [0.2, 0.25) is 11.8 Å². The molecule has 0 saturated carbocycles. The Labute approximate surface area is 234 Å². The molecule has 204 valence electrons. The van der Waals surface area contributed by atoms with Crippen molar-refractivity contribution in [3.8, 4) is 17.3 Å². The number of halogens is 1. The number of nitrogens with one attached hydrogen (secondary N) is 2. The van der Waals surface area contributed by atoms with Crippen molar-refractivity contribution in [3.63, 3.8) is 0 Å². The number of methoxy groups -OCH3 is 1. The lowest BCUT2D eigenvalue weighted by atomic mass is 10.1. The van der Waals surface area contributed by atoms with E-state index in [1.54, 1.807) is 37.4 Å². The second-order valence-corrected chi connectivity index (χ2v) is 9.49. The number of hydrogen-bond donors (Lipinski definition) is 2. The summed E-state index contributed by atoms with van der Waals surface area (Å²) in [6.07, 6.45) is 6.52. The van der Waals surface area contributed by atoms with Crippen LogP contribution in [0.3, 0.4) is 0 Å². The molecule has 4 aromatic heterocycles. The van der Waals surface area contributed by atoms with Gasteiger partial charge in [0, 0.05) is 47.9 Å². The molecule has 0 radical (unpaired) electrons. The van der Waals surface area contributed by atoms with Gasteiger partial charge in [0.25, 0.3) is 5.91 Å². The summed E-state index contributed by atoms with van der Waals surface area (Å²) in [7, 11) is 1.54. The first-order chi connectivity index (χ1) is 19.2. The van der Waals surface area contributed by atoms with Gasteiger partial charge in [-0.15, -0.1) is 0 Å². The molecular weight excluding hydrogens is 533 g/mol. The highest BCUT2D eigenvalue weighted by Crippen LogP contribution is 2.22. The topological polar surface area (TPSA) is 140 Å². The number of amides is 1. The predicted octanol–water partition coefficient (Wildman–Crippen LogP) is 4.71. The highest BCUT2D eigenvalue weighted by atomic mass is 32.1. The van der Waals surface area contributed by atoms with Gasteiger partial charge in [-0.1, -0.05) is 11.6 Å². The Morgan fingerprint density at radius 3 is 2.62 bits per heavy atom. The Balaban J connectivity index is 1.42. The Bertz CT molecular complexity index is 1600. The van der Waals surface area contributed by atoms with Crippen LogP contribution >= 0.6 is 11.5 Å². The van der Waals surface area contributed by atoms with Crippen molar-refractivity contribution in [1.29, 1.82) is 0 Å². The molecule has 2 N–H and O–H groups in total. The monoisotopic (exact) mass is 559 g/mol. The number of rotatable bonds is 10. The summed E-state index contributed by atoms with van der Waals surface area (Å²) in [6.45, 7) is 9.22. The molecule has 0 fully saturated rings. The highest BCUT2D eigenvalue weighted by molar-refractivity contribution is 7.05. The Kier molecular flexibility index (Phi) is 8.96. The van der Waals surface area contributed by atoms with E-state index in [0.29, 0.717) is 34.6 Å². The predicted molar refractivity (Wildman–Crippen MR) is 152 cm³/mol. The second-order valence-electron chi connectivity index (χ2n) is 8.53. The number of pyridine rings is 2. The molecule has 4 heterocycles. The van der Waals surface area contributed by atoms with E-state index >= 15 is 0 Å². The van der Waals surface area contributed by atoms with Gasteiger partial charge in [-0.2, -0.15) is 4.37 Å². The smallest absolute Gasteiger partial charge is 0.273 e. The molecule has 1 amide bonds. The van der Waals surface area contributed by atoms with Crippen molar-refractivity contribution < 1.29 is 13.9 Å². The lowest BCUT2D eigenvalue weighted by Gasteiger charge is -2.09. The largest absolute Gasteiger partial charge is 0.481 e. The lowest BCUT2D eigenvalue weighted by molar-refractivity contribution is 0.0947. The molecule has 0 unspecified atom stereocenters. The summed E-state index contributed by atoms with van der Waals surface area (Å²) < 4.78 is 24.2. The number of carbonyl (C=O) groups is 1. The van der Waals surface area contributed by atoms with Gasteiger partial charge < -0.3 is 15.4 Å². The van der Waals surface area contributed by atoms with Gasteiger partial charge in [0.1, 0.15) is 10.8 Å². The number of aryl methyl sites for hydroxylation is 2. The molecule has 0 aromatic carbocycles. The van der Waals surface area contributed by atoms with Crippen LogP contribution in [0.5, 0.6) is 5.88 Å². The molecule has 40 heavy (non-hydrogen) atoms. The summed E-state index contributed by atoms with van der Waals surface area (Å²) in [6, 6.07) is 6.44. The average Bonchev–Trinajstić information content (AvgIpc) is 3.36. The normalized spacial score (nSPS) is 11.7. The molecule has 0 atom stereocenters. The van der Waals surface area contributed by atoms with E-state index in [9.17, 15) is 9.18 Å². The van der Waals surface area contributed by atoms with E-state index in [0.717, 1.165) is 16.1 Å². The minimum absolute atomic E-state index is 0.170.